The number of nitrogens with one attached hydrogen (secondary N) is 1. The highest BCUT2D eigenvalue weighted by Gasteiger charge is 2.23. The fourth-order valence-corrected chi connectivity index (χ4v) is 3.81. The van der Waals surface area contributed by atoms with E-state index in [0.717, 1.165) is 54.1 Å². The number of fused-ring (bicyclic) bond motifs is 1. The Kier molecular flexibility index (Phi) is 4.52. The summed E-state index contributed by atoms with van der Waals surface area (Å²) >= 11 is 0. The second-order valence-electron chi connectivity index (χ2n) is 7.86. The average molecular weight is 364 g/mol. The van der Waals surface area contributed by atoms with Crippen molar-refractivity contribution in [1.82, 2.24) is 14.6 Å². The van der Waals surface area contributed by atoms with Crippen LogP contribution in [0.4, 0.5) is 17.2 Å². The second kappa shape index (κ2) is 6.85. The molecule has 3 aromatic rings. The van der Waals surface area contributed by atoms with E-state index in [4.69, 9.17) is 21.5 Å². The second-order valence-corrected chi connectivity index (χ2v) is 7.86. The largest absolute Gasteiger partial charge is 0.395 e. The standard InChI is InChI=1S/C21H28N6/c1-12-4-9-17(10-13(12)2)24-20-14(3)19(23)21-25-18(11-27(21)26-20)15-5-7-16(22)8-6-15/h4,9-11,15-16H,5-8,22-23H2,1-3H3,(H,24,26). The third kappa shape index (κ3) is 3.37. The molecule has 0 atom stereocenters. The van der Waals surface area contributed by atoms with Crippen LogP contribution in [0.5, 0.6) is 0 Å². The van der Waals surface area contributed by atoms with Gasteiger partial charge in [0.05, 0.1) is 17.6 Å². The van der Waals surface area contributed by atoms with Gasteiger partial charge < -0.3 is 16.8 Å². The maximum Gasteiger partial charge on any atom is 0.177 e. The molecule has 1 aliphatic carbocycles. The highest BCUT2D eigenvalue weighted by molar-refractivity contribution is 5.75. The topological polar surface area (TPSA) is 94.3 Å². The van der Waals surface area contributed by atoms with Gasteiger partial charge in [-0.15, -0.1) is 5.10 Å². The molecule has 6 heteroatoms. The molecule has 0 aliphatic heterocycles. The summed E-state index contributed by atoms with van der Waals surface area (Å²) < 4.78 is 1.82. The number of nitrogens with zero attached hydrogens (tertiary/aromatic N) is 3. The first-order valence-electron chi connectivity index (χ1n) is 9.67. The van der Waals surface area contributed by atoms with Crippen molar-refractivity contribution in [3.63, 3.8) is 0 Å². The highest BCUT2D eigenvalue weighted by Crippen LogP contribution is 2.33. The predicted octanol–water partition coefficient (Wildman–Crippen LogP) is 3.97. The minimum absolute atomic E-state index is 0.331. The molecule has 142 valence electrons. The molecule has 0 saturated heterocycles. The monoisotopic (exact) mass is 364 g/mol. The van der Waals surface area contributed by atoms with Crippen LogP contribution in [0.15, 0.2) is 24.4 Å². The Morgan fingerprint density at radius 3 is 2.52 bits per heavy atom. The SMILES string of the molecule is Cc1ccc(Nc2nn3cc(C4CCC(N)CC4)nc3c(N)c2C)cc1C. The van der Waals surface area contributed by atoms with Crippen LogP contribution in [0, 0.1) is 20.8 Å². The van der Waals surface area contributed by atoms with Gasteiger partial charge in [-0.3, -0.25) is 0 Å². The normalized spacial score (nSPS) is 20.1. The van der Waals surface area contributed by atoms with Gasteiger partial charge in [0.2, 0.25) is 0 Å². The van der Waals surface area contributed by atoms with Gasteiger partial charge in [-0.05, 0) is 69.7 Å². The summed E-state index contributed by atoms with van der Waals surface area (Å²) in [6.45, 7) is 6.20. The number of benzene rings is 1. The molecule has 1 saturated carbocycles. The third-order valence-corrected chi connectivity index (χ3v) is 5.87. The van der Waals surface area contributed by atoms with E-state index < -0.39 is 0 Å². The fraction of sp³-hybridized carbons (Fsp3) is 0.429. The van der Waals surface area contributed by atoms with Gasteiger partial charge in [-0.1, -0.05) is 6.07 Å². The number of imidazole rings is 1. The predicted molar refractivity (Wildman–Crippen MR) is 111 cm³/mol. The molecule has 0 amide bonds. The van der Waals surface area contributed by atoms with E-state index in [9.17, 15) is 0 Å². The molecule has 5 N–H and O–H groups in total. The number of aromatic nitrogens is 3. The Balaban J connectivity index is 1.68. The Morgan fingerprint density at radius 2 is 1.81 bits per heavy atom. The van der Waals surface area contributed by atoms with Gasteiger partial charge in [0.1, 0.15) is 0 Å². The van der Waals surface area contributed by atoms with Crippen LogP contribution in [-0.4, -0.2) is 20.6 Å². The van der Waals surface area contributed by atoms with Crippen LogP contribution in [0.2, 0.25) is 0 Å². The van der Waals surface area contributed by atoms with Crippen LogP contribution in [0.25, 0.3) is 5.65 Å². The minimum Gasteiger partial charge on any atom is -0.395 e. The summed E-state index contributed by atoms with van der Waals surface area (Å²) in [7, 11) is 0. The van der Waals surface area contributed by atoms with Crippen molar-refractivity contribution in [2.24, 2.45) is 5.73 Å². The molecule has 0 bridgehead atoms. The molecule has 2 aromatic heterocycles. The van der Waals surface area contributed by atoms with Crippen LogP contribution in [0.3, 0.4) is 0 Å². The molecular formula is C21H28N6. The van der Waals surface area contributed by atoms with Gasteiger partial charge >= 0.3 is 0 Å². The van der Waals surface area contributed by atoms with Crippen molar-refractivity contribution in [1.29, 1.82) is 0 Å². The van der Waals surface area contributed by atoms with Gasteiger partial charge in [-0.25, -0.2) is 9.50 Å². The van der Waals surface area contributed by atoms with Crippen molar-refractivity contribution in [2.45, 2.75) is 58.4 Å². The first-order chi connectivity index (χ1) is 12.9. The number of hydrogen-bond donors (Lipinski definition) is 3. The molecule has 2 heterocycles. The molecule has 0 radical (unpaired) electrons. The molecule has 1 fully saturated rings. The Labute approximate surface area is 160 Å². The molecular weight excluding hydrogens is 336 g/mol. The number of anilines is 3. The van der Waals surface area contributed by atoms with E-state index in [1.165, 1.54) is 11.1 Å². The summed E-state index contributed by atoms with van der Waals surface area (Å²) in [4.78, 5) is 4.80. The van der Waals surface area contributed by atoms with E-state index in [2.05, 4.69) is 37.4 Å². The minimum atomic E-state index is 0.331. The van der Waals surface area contributed by atoms with Gasteiger partial charge in [0, 0.05) is 23.2 Å². The van der Waals surface area contributed by atoms with Crippen molar-refractivity contribution in [3.05, 3.63) is 46.8 Å². The van der Waals surface area contributed by atoms with Gasteiger partial charge in [0.25, 0.3) is 0 Å². The van der Waals surface area contributed by atoms with E-state index in [1.54, 1.807) is 0 Å². The number of hydrogen-bond acceptors (Lipinski definition) is 5. The fourth-order valence-electron chi connectivity index (χ4n) is 3.81. The molecule has 6 nitrogen and oxygen atoms in total. The lowest BCUT2D eigenvalue weighted by Crippen LogP contribution is -2.25. The average Bonchev–Trinajstić information content (AvgIpc) is 3.07. The number of aryl methyl sites for hydroxylation is 2. The van der Waals surface area contributed by atoms with Crippen molar-refractivity contribution >= 4 is 22.8 Å². The third-order valence-electron chi connectivity index (χ3n) is 5.87. The summed E-state index contributed by atoms with van der Waals surface area (Å²) in [5, 5.41) is 8.16. The maximum atomic E-state index is 6.41. The Bertz CT molecular complexity index is 982. The Hall–Kier alpha value is -2.60. The van der Waals surface area contributed by atoms with E-state index >= 15 is 0 Å². The van der Waals surface area contributed by atoms with Crippen molar-refractivity contribution in [3.8, 4) is 0 Å². The molecule has 27 heavy (non-hydrogen) atoms. The van der Waals surface area contributed by atoms with E-state index in [-0.39, 0.29) is 0 Å². The highest BCUT2D eigenvalue weighted by atomic mass is 15.3. The van der Waals surface area contributed by atoms with Crippen LogP contribution in [-0.2, 0) is 0 Å². The lowest BCUT2D eigenvalue weighted by Gasteiger charge is -2.24. The van der Waals surface area contributed by atoms with Crippen molar-refractivity contribution in [2.75, 3.05) is 11.1 Å². The lowest BCUT2D eigenvalue weighted by molar-refractivity contribution is 0.391. The summed E-state index contributed by atoms with van der Waals surface area (Å²) in [5.74, 6) is 1.21. The molecule has 0 spiro atoms. The summed E-state index contributed by atoms with van der Waals surface area (Å²) in [6.07, 6.45) is 6.30. The lowest BCUT2D eigenvalue weighted by atomic mass is 9.85. The maximum absolute atomic E-state index is 6.41. The van der Waals surface area contributed by atoms with Crippen LogP contribution in [0.1, 0.15) is 54.0 Å². The number of rotatable bonds is 3. The van der Waals surface area contributed by atoms with Gasteiger partial charge in [0.15, 0.2) is 11.5 Å². The zero-order chi connectivity index (χ0) is 19.1. The molecule has 4 rings (SSSR count). The van der Waals surface area contributed by atoms with Crippen LogP contribution < -0.4 is 16.8 Å². The smallest absolute Gasteiger partial charge is 0.177 e. The summed E-state index contributed by atoms with van der Waals surface area (Å²) in [5.41, 5.74) is 19.4. The van der Waals surface area contributed by atoms with E-state index in [0.29, 0.717) is 17.6 Å². The summed E-state index contributed by atoms with van der Waals surface area (Å²) in [6, 6.07) is 6.63. The molecule has 0 unspecified atom stereocenters. The number of nitrogen functional groups attached to an aromatic ring is 1. The quantitative estimate of drug-likeness (QED) is 0.654. The van der Waals surface area contributed by atoms with Gasteiger partial charge in [-0.2, -0.15) is 0 Å². The van der Waals surface area contributed by atoms with Crippen LogP contribution >= 0.6 is 0 Å². The molecule has 1 aromatic carbocycles. The van der Waals surface area contributed by atoms with Crippen molar-refractivity contribution < 1.29 is 0 Å². The first kappa shape index (κ1) is 17.8. The van der Waals surface area contributed by atoms with E-state index in [1.807, 2.05) is 17.6 Å². The molecule has 1 aliphatic rings. The number of nitrogens with two attached hydrogens (primary N) is 2. The first-order valence-corrected chi connectivity index (χ1v) is 9.67. The zero-order valence-corrected chi connectivity index (χ0v) is 16.3. The zero-order valence-electron chi connectivity index (χ0n) is 16.3. The Morgan fingerprint density at radius 1 is 1.07 bits per heavy atom.